The summed E-state index contributed by atoms with van der Waals surface area (Å²) in [6.07, 6.45) is 82.2. The Labute approximate surface area is 500 Å². The molecule has 3 atom stereocenters. The van der Waals surface area contributed by atoms with Crippen molar-refractivity contribution in [2.24, 2.45) is 0 Å². The van der Waals surface area contributed by atoms with Crippen LogP contribution in [0.15, 0.2) is 109 Å². The molecule has 0 bridgehead atoms. The largest absolute Gasteiger partial charge is 0.756 e. The number of hydrogen-bond donors (Lipinski definition) is 1. The molecule has 0 aromatic rings. The van der Waals surface area contributed by atoms with E-state index in [-0.39, 0.29) is 31.3 Å². The Morgan fingerprint density at radius 1 is 0.457 bits per heavy atom. The average molecular weight is 1150 g/mol. The van der Waals surface area contributed by atoms with Gasteiger partial charge >= 0.3 is 5.97 Å². The minimum atomic E-state index is -4.72. The summed E-state index contributed by atoms with van der Waals surface area (Å²) in [5.74, 6) is -0.593. The predicted octanol–water partition coefficient (Wildman–Crippen LogP) is 20.3. The van der Waals surface area contributed by atoms with Gasteiger partial charge in [-0.2, -0.15) is 0 Å². The van der Waals surface area contributed by atoms with Crippen molar-refractivity contribution >= 4 is 19.7 Å². The number of phosphoric acid groups is 1. The summed E-state index contributed by atoms with van der Waals surface area (Å²) < 4.78 is 30.3. The predicted molar refractivity (Wildman–Crippen MR) is 348 cm³/mol. The van der Waals surface area contributed by atoms with Crippen LogP contribution in [0.1, 0.15) is 278 Å². The van der Waals surface area contributed by atoms with Crippen LogP contribution in [0.25, 0.3) is 0 Å². The van der Waals surface area contributed by atoms with Crippen LogP contribution in [0.2, 0.25) is 0 Å². The van der Waals surface area contributed by atoms with Crippen molar-refractivity contribution < 1.29 is 37.3 Å². The highest BCUT2D eigenvalue weighted by Gasteiger charge is 2.27. The van der Waals surface area contributed by atoms with Gasteiger partial charge in [-0.05, 0) is 83.1 Å². The number of unbranched alkanes of at least 4 members (excludes halogenated alkanes) is 32. The number of likely N-dealkylation sites (N-methyl/N-ethyl adjacent to an activating group) is 1. The second-order valence-corrected chi connectivity index (χ2v) is 24.8. The number of hydrogen-bond acceptors (Lipinski definition) is 7. The van der Waals surface area contributed by atoms with Gasteiger partial charge in [0.15, 0.2) is 0 Å². The minimum absolute atomic E-state index is 0.0361. The fraction of sp³-hybridized carbons (Fsp3) is 0.718. The Morgan fingerprint density at radius 2 is 0.840 bits per heavy atom. The molecule has 0 heterocycles. The first-order valence-corrected chi connectivity index (χ1v) is 34.7. The fourth-order valence-electron chi connectivity index (χ4n) is 9.23. The highest BCUT2D eigenvalue weighted by molar-refractivity contribution is 7.45. The van der Waals surface area contributed by atoms with Gasteiger partial charge in [-0.1, -0.05) is 291 Å². The van der Waals surface area contributed by atoms with Crippen LogP contribution in [0.5, 0.6) is 0 Å². The SMILES string of the molecule is CC\C=C/C=C/C=C/C=C\C=C\C=C\CCCCCC(=O)NC(COP(=O)([O-])OCC[N+](C)(C)C)C(/C=C\CCCCCCCCCCC)OC(=O)CCCCCCCCCCCCCCCCCCC/C=C\C/C=C\CCCCC. The Hall–Kier alpha value is -3.33. The van der Waals surface area contributed by atoms with Crippen molar-refractivity contribution in [3.8, 4) is 0 Å². The number of amides is 1. The van der Waals surface area contributed by atoms with Gasteiger partial charge < -0.3 is 28.5 Å². The zero-order valence-corrected chi connectivity index (χ0v) is 54.1. The first kappa shape index (κ1) is 77.7. The molecule has 0 aromatic carbocycles. The van der Waals surface area contributed by atoms with Gasteiger partial charge in [0.25, 0.3) is 7.82 Å². The molecule has 0 spiro atoms. The molecule has 10 heteroatoms. The maximum absolute atomic E-state index is 13.5. The van der Waals surface area contributed by atoms with Crippen LogP contribution in [0.4, 0.5) is 0 Å². The maximum atomic E-state index is 13.5. The molecule has 0 aromatic heterocycles. The van der Waals surface area contributed by atoms with Gasteiger partial charge in [0.2, 0.25) is 5.91 Å². The third-order valence-corrected chi connectivity index (χ3v) is 15.3. The van der Waals surface area contributed by atoms with E-state index < -0.39 is 26.6 Å². The van der Waals surface area contributed by atoms with E-state index in [2.05, 4.69) is 62.5 Å². The number of ether oxygens (including phenoxy) is 1. The summed E-state index contributed by atoms with van der Waals surface area (Å²) >= 11 is 0. The average Bonchev–Trinajstić information content (AvgIpc) is 3.44. The Kier molecular flexibility index (Phi) is 57.4. The second-order valence-electron chi connectivity index (χ2n) is 23.4. The van der Waals surface area contributed by atoms with Crippen molar-refractivity contribution in [1.82, 2.24) is 5.32 Å². The van der Waals surface area contributed by atoms with Crippen LogP contribution in [0.3, 0.4) is 0 Å². The van der Waals surface area contributed by atoms with Crippen LogP contribution in [-0.4, -0.2) is 69.4 Å². The lowest BCUT2D eigenvalue weighted by molar-refractivity contribution is -0.870. The van der Waals surface area contributed by atoms with Crippen molar-refractivity contribution in [2.75, 3.05) is 40.9 Å². The lowest BCUT2D eigenvalue weighted by Gasteiger charge is -2.30. The smallest absolute Gasteiger partial charge is 0.306 e. The van der Waals surface area contributed by atoms with Crippen LogP contribution in [-0.2, 0) is 27.9 Å². The number of esters is 1. The highest BCUT2D eigenvalue weighted by atomic mass is 31.2. The van der Waals surface area contributed by atoms with Gasteiger partial charge in [0.05, 0.1) is 33.8 Å². The molecule has 0 saturated carbocycles. The minimum Gasteiger partial charge on any atom is -0.756 e. The van der Waals surface area contributed by atoms with E-state index in [9.17, 15) is 19.0 Å². The van der Waals surface area contributed by atoms with Gasteiger partial charge in [-0.25, -0.2) is 0 Å². The molecule has 0 rings (SSSR count). The second kappa shape index (κ2) is 59.8. The lowest BCUT2D eigenvalue weighted by atomic mass is 10.0. The Bertz CT molecular complexity index is 1750. The summed E-state index contributed by atoms with van der Waals surface area (Å²) in [6, 6.07) is -0.917. The van der Waals surface area contributed by atoms with Crippen molar-refractivity contribution in [2.45, 2.75) is 290 Å². The molecule has 3 unspecified atom stereocenters. The van der Waals surface area contributed by atoms with Gasteiger partial charge in [0, 0.05) is 12.8 Å². The van der Waals surface area contributed by atoms with Gasteiger partial charge in [0.1, 0.15) is 19.3 Å². The van der Waals surface area contributed by atoms with E-state index >= 15 is 0 Å². The first-order chi connectivity index (χ1) is 39.4. The van der Waals surface area contributed by atoms with Crippen LogP contribution >= 0.6 is 7.82 Å². The zero-order chi connectivity index (χ0) is 59.3. The van der Waals surface area contributed by atoms with Gasteiger partial charge in [-0.15, -0.1) is 0 Å². The molecule has 0 radical (unpaired) electrons. The Balaban J connectivity index is 5.08. The van der Waals surface area contributed by atoms with Crippen molar-refractivity contribution in [3.63, 3.8) is 0 Å². The van der Waals surface area contributed by atoms with E-state index in [0.717, 1.165) is 70.6 Å². The maximum Gasteiger partial charge on any atom is 0.306 e. The summed E-state index contributed by atoms with van der Waals surface area (Å²) in [6.45, 7) is 6.64. The topological polar surface area (TPSA) is 114 Å². The van der Waals surface area contributed by atoms with E-state index in [1.165, 1.54) is 167 Å². The standard InChI is InChI=1S/C71H125N2O7P/c1-7-10-13-16-19-22-25-27-29-31-32-33-34-35-36-37-38-39-40-42-44-46-49-52-55-58-61-64-71(75)80-69(62-59-56-53-50-47-24-21-18-15-12-9-3)68(67-79-81(76,77)78-66-65-73(4,5)6)72-70(74)63-60-57-54-51-48-45-43-41-30-28-26-23-20-17-14-11-8-2/h11,14,17,19-20,22-23,26-30,41,43,45,48,59,62,68-69H,7-10,12-13,15-16,18,21,24-25,31-40,42,44,46-47,49-58,60-61,63-67H2,1-6H3,(H-,72,74,76,77)/b14-11-,20-17+,22-19-,26-23+,29-27-,30-28-,43-41+,48-45+,62-59-. The number of phosphoric ester groups is 1. The summed E-state index contributed by atoms with van der Waals surface area (Å²) in [5, 5.41) is 3.00. The number of carbonyl (C=O) groups excluding carboxylic acids is 2. The van der Waals surface area contributed by atoms with Crippen LogP contribution < -0.4 is 10.2 Å². The molecule has 9 nitrogen and oxygen atoms in total. The lowest BCUT2D eigenvalue weighted by Crippen LogP contribution is -2.47. The molecule has 0 aliphatic carbocycles. The highest BCUT2D eigenvalue weighted by Crippen LogP contribution is 2.38. The van der Waals surface area contributed by atoms with E-state index in [4.69, 9.17) is 13.8 Å². The number of rotatable bonds is 59. The molecular weight excluding hydrogens is 1020 g/mol. The fourth-order valence-corrected chi connectivity index (χ4v) is 9.95. The monoisotopic (exact) mass is 1150 g/mol. The summed E-state index contributed by atoms with van der Waals surface area (Å²) in [4.78, 5) is 40.0. The van der Waals surface area contributed by atoms with E-state index in [1.54, 1.807) is 0 Å². The molecule has 81 heavy (non-hydrogen) atoms. The quantitative estimate of drug-likeness (QED) is 0.0161. The van der Waals surface area contributed by atoms with E-state index in [0.29, 0.717) is 17.4 Å². The van der Waals surface area contributed by atoms with Crippen LogP contribution in [0, 0.1) is 0 Å². The molecule has 1 N–H and O–H groups in total. The summed E-state index contributed by atoms with van der Waals surface area (Å²) in [7, 11) is 1.14. The van der Waals surface area contributed by atoms with Crippen molar-refractivity contribution in [3.05, 3.63) is 109 Å². The molecule has 0 aliphatic heterocycles. The normalized spacial score (nSPS) is 14.3. The number of nitrogens with one attached hydrogen (secondary N) is 1. The number of carbonyl (C=O) groups is 2. The Morgan fingerprint density at radius 3 is 1.32 bits per heavy atom. The zero-order valence-electron chi connectivity index (χ0n) is 53.2. The number of quaternary nitrogens is 1. The molecule has 1 amide bonds. The number of allylic oxidation sites excluding steroid dienone is 17. The number of nitrogens with zero attached hydrogens (tertiary/aromatic N) is 1. The molecule has 0 fully saturated rings. The third kappa shape index (κ3) is 61.1. The van der Waals surface area contributed by atoms with Crippen molar-refractivity contribution in [1.29, 1.82) is 0 Å². The van der Waals surface area contributed by atoms with Gasteiger partial charge in [-0.3, -0.25) is 14.2 Å². The van der Waals surface area contributed by atoms with E-state index in [1.807, 2.05) is 94.1 Å². The molecule has 0 aliphatic rings. The summed E-state index contributed by atoms with van der Waals surface area (Å²) in [5.41, 5.74) is 0. The first-order valence-electron chi connectivity index (χ1n) is 33.3. The molecular formula is C71H125N2O7P. The third-order valence-electron chi connectivity index (χ3n) is 14.3. The molecule has 0 saturated heterocycles. The molecule has 466 valence electrons.